The van der Waals surface area contributed by atoms with Gasteiger partial charge >= 0.3 is 6.18 Å². The van der Waals surface area contributed by atoms with E-state index in [4.69, 9.17) is 0 Å². The molecule has 2 heterocycles. The molecule has 2 N–H and O–H groups in total. The maximum atomic E-state index is 15.8. The number of nitrogens with zero attached hydrogens (tertiary/aromatic N) is 1. The Morgan fingerprint density at radius 3 is 2.23 bits per heavy atom. The van der Waals surface area contributed by atoms with E-state index in [9.17, 15) is 26.3 Å². The monoisotopic (exact) mass is 660 g/mol. The van der Waals surface area contributed by atoms with Gasteiger partial charge in [-0.05, 0) is 72.3 Å². The number of benzene rings is 1. The molecule has 3 aromatic rings. The van der Waals surface area contributed by atoms with Crippen LogP contribution in [0.25, 0.3) is 11.0 Å². The molecular formula is C31H40F4N2O5S2. The molecule has 1 aliphatic rings. The minimum absolute atomic E-state index is 0.0640. The summed E-state index contributed by atoms with van der Waals surface area (Å²) in [4.78, 5) is 6.57. The van der Waals surface area contributed by atoms with E-state index in [1.807, 2.05) is 6.92 Å². The summed E-state index contributed by atoms with van der Waals surface area (Å²) in [5, 5.41) is 12.2. The Labute approximate surface area is 256 Å². The quantitative estimate of drug-likeness (QED) is 0.267. The highest BCUT2D eigenvalue weighted by atomic mass is 32.2. The lowest BCUT2D eigenvalue weighted by atomic mass is 9.49. The van der Waals surface area contributed by atoms with E-state index in [2.05, 4.69) is 9.97 Å². The zero-order valence-electron chi connectivity index (χ0n) is 25.9. The molecule has 4 atom stereocenters. The first-order valence-corrected chi connectivity index (χ1v) is 18.2. The molecule has 0 amide bonds. The Morgan fingerprint density at radius 2 is 1.68 bits per heavy atom. The molecule has 1 fully saturated rings. The van der Waals surface area contributed by atoms with Crippen LogP contribution >= 0.6 is 0 Å². The third kappa shape index (κ3) is 5.79. The molecule has 7 nitrogen and oxygen atoms in total. The van der Waals surface area contributed by atoms with Crippen molar-refractivity contribution in [3.05, 3.63) is 53.5 Å². The summed E-state index contributed by atoms with van der Waals surface area (Å²) < 4.78 is 112. The van der Waals surface area contributed by atoms with Gasteiger partial charge in [-0.15, -0.1) is 0 Å². The molecule has 1 aliphatic carbocycles. The largest absolute Gasteiger partial charge is 0.418 e. The van der Waals surface area contributed by atoms with Gasteiger partial charge in [-0.3, -0.25) is 0 Å². The third-order valence-corrected chi connectivity index (χ3v) is 11.5. The lowest BCUT2D eigenvalue weighted by Crippen LogP contribution is -2.68. The Bertz CT molecular complexity index is 1780. The second-order valence-electron chi connectivity index (χ2n) is 13.6. The maximum absolute atomic E-state index is 15.8. The van der Waals surface area contributed by atoms with Gasteiger partial charge in [0.05, 0.1) is 16.4 Å². The number of hydrogen-bond donors (Lipinski definition) is 2. The van der Waals surface area contributed by atoms with Gasteiger partial charge in [-0.1, -0.05) is 53.2 Å². The second kappa shape index (κ2) is 11.1. The lowest BCUT2D eigenvalue weighted by molar-refractivity contribution is -0.308. The number of fused-ring (bicyclic) bond motifs is 1. The minimum atomic E-state index is -5.23. The van der Waals surface area contributed by atoms with Crippen LogP contribution in [-0.2, 0) is 30.5 Å². The second-order valence-corrected chi connectivity index (χ2v) is 17.5. The van der Waals surface area contributed by atoms with Crippen molar-refractivity contribution in [1.82, 2.24) is 9.97 Å². The standard InChI is InChI=1S/C31H40F4N2O5S2/c1-18(2)20-12-11-19(3)16-29(20,25-15-24-23(36-25)13-14-26(37-24)43(6,39)40)30(38,31(33,34)35)17-28(4,5)21-9-8-10-22(32)27(21)44(7,41)42/h8-10,13-15,18-20,36,38H,11-12,16-17H2,1-7H3. The molecule has 4 rings (SSSR count). The molecule has 0 saturated heterocycles. The summed E-state index contributed by atoms with van der Waals surface area (Å²) in [5.74, 6) is -2.36. The van der Waals surface area contributed by atoms with Crippen LogP contribution in [0.5, 0.6) is 0 Å². The molecule has 44 heavy (non-hydrogen) atoms. The van der Waals surface area contributed by atoms with Crippen LogP contribution in [0.4, 0.5) is 17.6 Å². The van der Waals surface area contributed by atoms with E-state index in [-0.39, 0.29) is 40.1 Å². The lowest BCUT2D eigenvalue weighted by Gasteiger charge is -2.58. The molecule has 244 valence electrons. The van der Waals surface area contributed by atoms with Crippen LogP contribution in [0.1, 0.15) is 71.6 Å². The molecule has 0 aliphatic heterocycles. The van der Waals surface area contributed by atoms with Crippen molar-refractivity contribution >= 4 is 30.7 Å². The summed E-state index contributed by atoms with van der Waals surface area (Å²) in [7, 11) is -7.92. The summed E-state index contributed by atoms with van der Waals surface area (Å²) in [5.41, 5.74) is -6.79. The van der Waals surface area contributed by atoms with Crippen LogP contribution in [0.3, 0.4) is 0 Å². The normalized spacial score (nSPS) is 23.7. The van der Waals surface area contributed by atoms with Crippen molar-refractivity contribution in [1.29, 1.82) is 0 Å². The van der Waals surface area contributed by atoms with E-state index in [1.165, 1.54) is 44.2 Å². The topological polar surface area (TPSA) is 117 Å². The number of hydrogen-bond acceptors (Lipinski definition) is 6. The van der Waals surface area contributed by atoms with Crippen molar-refractivity contribution in [3.8, 4) is 0 Å². The van der Waals surface area contributed by atoms with Crippen molar-refractivity contribution in [2.24, 2.45) is 17.8 Å². The van der Waals surface area contributed by atoms with Crippen LogP contribution in [-0.4, -0.2) is 56.2 Å². The minimum Gasteiger partial charge on any atom is -0.380 e. The third-order valence-electron chi connectivity index (χ3n) is 9.36. The van der Waals surface area contributed by atoms with Gasteiger partial charge in [0.25, 0.3) is 0 Å². The van der Waals surface area contributed by atoms with Crippen molar-refractivity contribution in [2.45, 2.75) is 92.8 Å². The summed E-state index contributed by atoms with van der Waals surface area (Å²) in [6.07, 6.45) is -3.52. The Balaban J connectivity index is 2.07. The van der Waals surface area contributed by atoms with Crippen LogP contribution in [0, 0.1) is 23.6 Å². The summed E-state index contributed by atoms with van der Waals surface area (Å²) in [6, 6.07) is 7.56. The first kappa shape index (κ1) is 34.4. The average molecular weight is 661 g/mol. The molecule has 1 saturated carbocycles. The predicted octanol–water partition coefficient (Wildman–Crippen LogP) is 6.50. The van der Waals surface area contributed by atoms with Crippen molar-refractivity contribution in [3.63, 3.8) is 0 Å². The van der Waals surface area contributed by atoms with Gasteiger partial charge in [-0.2, -0.15) is 13.2 Å². The van der Waals surface area contributed by atoms with E-state index in [0.717, 1.165) is 18.6 Å². The molecule has 4 unspecified atom stereocenters. The fourth-order valence-electron chi connectivity index (χ4n) is 7.52. The number of rotatable bonds is 8. The number of sulfone groups is 2. The van der Waals surface area contributed by atoms with Crippen LogP contribution in [0.15, 0.2) is 46.3 Å². The smallest absolute Gasteiger partial charge is 0.380 e. The fraction of sp³-hybridized carbons (Fsp3) is 0.581. The van der Waals surface area contributed by atoms with Crippen LogP contribution < -0.4 is 0 Å². The van der Waals surface area contributed by atoms with E-state index in [0.29, 0.717) is 18.4 Å². The first-order valence-electron chi connectivity index (χ1n) is 14.4. The maximum Gasteiger partial charge on any atom is 0.418 e. The van der Waals surface area contributed by atoms with E-state index >= 15 is 13.2 Å². The number of nitrogens with one attached hydrogen (secondary N) is 1. The number of aliphatic hydroxyl groups is 1. The zero-order valence-corrected chi connectivity index (χ0v) is 27.5. The van der Waals surface area contributed by atoms with Crippen molar-refractivity contribution in [2.75, 3.05) is 12.5 Å². The van der Waals surface area contributed by atoms with Gasteiger partial charge in [-0.25, -0.2) is 26.2 Å². The number of pyridine rings is 1. The molecule has 2 aromatic heterocycles. The van der Waals surface area contributed by atoms with Gasteiger partial charge < -0.3 is 10.1 Å². The van der Waals surface area contributed by atoms with Crippen LogP contribution in [0.2, 0.25) is 0 Å². The molecule has 1 aromatic carbocycles. The first-order chi connectivity index (χ1) is 20.0. The highest BCUT2D eigenvalue weighted by molar-refractivity contribution is 7.91. The fourth-order valence-corrected chi connectivity index (χ4v) is 9.27. The zero-order chi connectivity index (χ0) is 33.3. The van der Waals surface area contributed by atoms with Gasteiger partial charge in [0.2, 0.25) is 0 Å². The Morgan fingerprint density at radius 1 is 1.05 bits per heavy atom. The van der Waals surface area contributed by atoms with Gasteiger partial charge in [0, 0.05) is 18.2 Å². The Kier molecular flexibility index (Phi) is 8.65. The SMILES string of the molecule is CC1CCC(C(C)C)C(c2cc3nc(S(C)(=O)=O)ccc3[nH]2)(C(O)(CC(C)(C)c2cccc(F)c2S(C)(=O)=O)C(F)(F)F)C1. The molecular weight excluding hydrogens is 620 g/mol. The van der Waals surface area contributed by atoms with Crippen molar-refractivity contribution < 1.29 is 39.5 Å². The highest BCUT2D eigenvalue weighted by Crippen LogP contribution is 2.62. The molecule has 0 spiro atoms. The predicted molar refractivity (Wildman–Crippen MR) is 160 cm³/mol. The van der Waals surface area contributed by atoms with Gasteiger partial charge in [0.15, 0.2) is 30.3 Å². The Hall–Kier alpha value is -2.51. The van der Waals surface area contributed by atoms with E-state index < -0.39 is 65.3 Å². The number of alkyl halides is 3. The molecule has 13 heteroatoms. The number of aromatic amines is 1. The summed E-state index contributed by atoms with van der Waals surface area (Å²) in [6.45, 7) is 8.18. The molecule has 0 bridgehead atoms. The number of halogens is 4. The van der Waals surface area contributed by atoms with Gasteiger partial charge in [0.1, 0.15) is 10.7 Å². The highest BCUT2D eigenvalue weighted by Gasteiger charge is 2.71. The molecule has 0 radical (unpaired) electrons. The summed E-state index contributed by atoms with van der Waals surface area (Å²) >= 11 is 0. The average Bonchev–Trinajstić information content (AvgIpc) is 3.30. The van der Waals surface area contributed by atoms with E-state index in [1.54, 1.807) is 13.8 Å². The number of H-pyrrole nitrogens is 1. The number of aromatic nitrogens is 2.